The predicted molar refractivity (Wildman–Crippen MR) is 66.3 cm³/mol. The normalized spacial score (nSPS) is 11.0. The minimum absolute atomic E-state index is 0.110. The first-order chi connectivity index (χ1) is 6.24. The number of halogens is 2. The molecule has 0 atom stereocenters. The van der Waals surface area contributed by atoms with E-state index in [4.69, 9.17) is 0 Å². The highest BCUT2D eigenvalue weighted by Crippen LogP contribution is 2.36. The molecule has 2 rings (SSSR count). The Kier molecular flexibility index (Phi) is 2.80. The Morgan fingerprint density at radius 3 is 2.92 bits per heavy atom. The Morgan fingerprint density at radius 1 is 1.46 bits per heavy atom. The van der Waals surface area contributed by atoms with Crippen molar-refractivity contribution >= 4 is 55.8 Å². The van der Waals surface area contributed by atoms with Crippen LogP contribution in [0.5, 0.6) is 0 Å². The molecule has 0 saturated heterocycles. The molecule has 0 amide bonds. The van der Waals surface area contributed by atoms with Crippen molar-refractivity contribution in [3.8, 4) is 0 Å². The van der Waals surface area contributed by atoms with Crippen LogP contribution in [-0.2, 0) is 0 Å². The van der Waals surface area contributed by atoms with E-state index in [2.05, 4.69) is 22.6 Å². The Labute approximate surface area is 97.7 Å². The second-order valence-corrected chi connectivity index (χ2v) is 5.43. The molecule has 0 saturated carbocycles. The predicted octanol–water partition coefficient (Wildman–Crippen LogP) is 4.37. The summed E-state index contributed by atoms with van der Waals surface area (Å²) in [5.41, 5.74) is 0. The smallest absolute Gasteiger partial charge is 0.141 e. The molecule has 1 aromatic carbocycles. The van der Waals surface area contributed by atoms with E-state index in [1.807, 2.05) is 17.7 Å². The molecule has 0 radical (unpaired) electrons. The molecule has 2 aromatic rings. The first-order valence-corrected chi connectivity index (χ1v) is 6.81. The van der Waals surface area contributed by atoms with Gasteiger partial charge >= 0.3 is 0 Å². The molecule has 0 aliphatic carbocycles. The zero-order valence-electron chi connectivity index (χ0n) is 6.80. The monoisotopic (exact) mass is 324 g/mol. The fourth-order valence-corrected chi connectivity index (χ4v) is 4.18. The van der Waals surface area contributed by atoms with Crippen molar-refractivity contribution in [3.63, 3.8) is 0 Å². The minimum atomic E-state index is -0.110. The number of benzene rings is 1. The second kappa shape index (κ2) is 3.74. The standard InChI is InChI=1S/C9H6FIS2/c1-12-7-4-13-9-5(10)2-3-6(11)8(7)9/h2-4H,1H3. The van der Waals surface area contributed by atoms with Gasteiger partial charge in [0.15, 0.2) is 0 Å². The average molecular weight is 324 g/mol. The summed E-state index contributed by atoms with van der Waals surface area (Å²) in [6.07, 6.45) is 2.02. The largest absolute Gasteiger partial charge is 0.205 e. The van der Waals surface area contributed by atoms with Crippen LogP contribution in [0.15, 0.2) is 22.4 Å². The van der Waals surface area contributed by atoms with E-state index in [1.165, 1.54) is 22.3 Å². The molecule has 1 aromatic heterocycles. The van der Waals surface area contributed by atoms with Gasteiger partial charge in [0, 0.05) is 19.2 Å². The third kappa shape index (κ3) is 1.59. The fraction of sp³-hybridized carbons (Fsp3) is 0.111. The van der Waals surface area contributed by atoms with Gasteiger partial charge in [-0.05, 0) is 41.0 Å². The van der Waals surface area contributed by atoms with Crippen molar-refractivity contribution in [1.82, 2.24) is 0 Å². The summed E-state index contributed by atoms with van der Waals surface area (Å²) in [6.45, 7) is 0. The maximum absolute atomic E-state index is 13.3. The van der Waals surface area contributed by atoms with Crippen LogP contribution in [0.3, 0.4) is 0 Å². The molecule has 1 heterocycles. The summed E-state index contributed by atoms with van der Waals surface area (Å²) in [5.74, 6) is -0.110. The van der Waals surface area contributed by atoms with Crippen LogP contribution in [0.2, 0.25) is 0 Å². The maximum Gasteiger partial charge on any atom is 0.141 e. The Balaban J connectivity index is 2.87. The lowest BCUT2D eigenvalue weighted by Crippen LogP contribution is -1.78. The van der Waals surface area contributed by atoms with E-state index in [0.717, 1.165) is 13.7 Å². The van der Waals surface area contributed by atoms with Gasteiger partial charge < -0.3 is 0 Å². The van der Waals surface area contributed by atoms with Crippen LogP contribution in [0.1, 0.15) is 0 Å². The first kappa shape index (κ1) is 9.73. The summed E-state index contributed by atoms with van der Waals surface area (Å²) < 4.78 is 15.2. The highest BCUT2D eigenvalue weighted by Gasteiger charge is 2.10. The summed E-state index contributed by atoms with van der Waals surface area (Å²) in [6, 6.07) is 3.36. The summed E-state index contributed by atoms with van der Waals surface area (Å²) in [7, 11) is 0. The lowest BCUT2D eigenvalue weighted by molar-refractivity contribution is 0.641. The van der Waals surface area contributed by atoms with Gasteiger partial charge in [0.1, 0.15) is 5.82 Å². The van der Waals surface area contributed by atoms with Crippen LogP contribution in [0.25, 0.3) is 10.1 Å². The molecule has 68 valence electrons. The van der Waals surface area contributed by atoms with Crippen LogP contribution in [-0.4, -0.2) is 6.26 Å². The molecule has 0 bridgehead atoms. The maximum atomic E-state index is 13.3. The van der Waals surface area contributed by atoms with Gasteiger partial charge in [-0.25, -0.2) is 4.39 Å². The minimum Gasteiger partial charge on any atom is -0.205 e. The van der Waals surface area contributed by atoms with Crippen molar-refractivity contribution in [3.05, 3.63) is 26.9 Å². The number of thiophene rings is 1. The molecule has 0 aliphatic rings. The SMILES string of the molecule is CSc1csc2c(F)ccc(I)c12. The van der Waals surface area contributed by atoms with Crippen LogP contribution < -0.4 is 0 Å². The molecular formula is C9H6FIS2. The van der Waals surface area contributed by atoms with E-state index in [0.29, 0.717) is 0 Å². The fourth-order valence-electron chi connectivity index (χ4n) is 1.20. The zero-order valence-corrected chi connectivity index (χ0v) is 10.6. The van der Waals surface area contributed by atoms with Crippen molar-refractivity contribution in [2.75, 3.05) is 6.26 Å². The van der Waals surface area contributed by atoms with E-state index < -0.39 is 0 Å². The van der Waals surface area contributed by atoms with Gasteiger partial charge in [0.05, 0.1) is 4.70 Å². The summed E-state index contributed by atoms with van der Waals surface area (Å²) in [5, 5.41) is 3.08. The van der Waals surface area contributed by atoms with Crippen molar-refractivity contribution in [2.24, 2.45) is 0 Å². The Hall–Kier alpha value is 0.190. The van der Waals surface area contributed by atoms with Crippen molar-refractivity contribution in [1.29, 1.82) is 0 Å². The number of hydrogen-bond acceptors (Lipinski definition) is 2. The number of fused-ring (bicyclic) bond motifs is 1. The Bertz CT molecular complexity index is 450. The second-order valence-electron chi connectivity index (χ2n) is 2.54. The zero-order chi connectivity index (χ0) is 9.42. The van der Waals surface area contributed by atoms with E-state index in [-0.39, 0.29) is 5.82 Å². The van der Waals surface area contributed by atoms with E-state index in [9.17, 15) is 4.39 Å². The average Bonchev–Trinajstić information content (AvgIpc) is 2.56. The first-order valence-electron chi connectivity index (χ1n) is 3.63. The van der Waals surface area contributed by atoms with E-state index >= 15 is 0 Å². The van der Waals surface area contributed by atoms with Crippen LogP contribution >= 0.6 is 45.7 Å². The van der Waals surface area contributed by atoms with E-state index in [1.54, 1.807) is 11.8 Å². The molecule has 0 spiro atoms. The Morgan fingerprint density at radius 2 is 2.23 bits per heavy atom. The van der Waals surface area contributed by atoms with Gasteiger partial charge in [-0.1, -0.05) is 0 Å². The van der Waals surface area contributed by atoms with Crippen LogP contribution in [0.4, 0.5) is 4.39 Å². The molecule has 0 fully saturated rings. The molecular weight excluding hydrogens is 318 g/mol. The molecule has 0 aliphatic heterocycles. The van der Waals surface area contributed by atoms with Crippen LogP contribution in [0, 0.1) is 9.39 Å². The number of hydrogen-bond donors (Lipinski definition) is 0. The molecule has 0 N–H and O–H groups in total. The summed E-state index contributed by atoms with van der Waals surface area (Å²) >= 11 is 5.39. The molecule has 13 heavy (non-hydrogen) atoms. The highest BCUT2D eigenvalue weighted by molar-refractivity contribution is 14.1. The van der Waals surface area contributed by atoms with Gasteiger partial charge in [-0.2, -0.15) is 0 Å². The molecule has 0 nitrogen and oxygen atoms in total. The third-order valence-electron chi connectivity index (χ3n) is 1.81. The topological polar surface area (TPSA) is 0 Å². The quantitative estimate of drug-likeness (QED) is 0.555. The highest BCUT2D eigenvalue weighted by atomic mass is 127. The summed E-state index contributed by atoms with van der Waals surface area (Å²) in [4.78, 5) is 1.17. The van der Waals surface area contributed by atoms with Crippen molar-refractivity contribution in [2.45, 2.75) is 4.90 Å². The van der Waals surface area contributed by atoms with Gasteiger partial charge in [-0.15, -0.1) is 23.1 Å². The number of rotatable bonds is 1. The van der Waals surface area contributed by atoms with Crippen molar-refractivity contribution < 1.29 is 4.39 Å². The van der Waals surface area contributed by atoms with Gasteiger partial charge in [-0.3, -0.25) is 0 Å². The number of thioether (sulfide) groups is 1. The lowest BCUT2D eigenvalue weighted by Gasteiger charge is -1.98. The lowest BCUT2D eigenvalue weighted by atomic mass is 10.2. The van der Waals surface area contributed by atoms with Gasteiger partial charge in [0.2, 0.25) is 0 Å². The molecule has 4 heteroatoms. The third-order valence-corrected chi connectivity index (χ3v) is 4.61. The van der Waals surface area contributed by atoms with Gasteiger partial charge in [0.25, 0.3) is 0 Å². The molecule has 0 unspecified atom stereocenters.